The smallest absolute Gasteiger partial charge is 0.251 e. The summed E-state index contributed by atoms with van der Waals surface area (Å²) >= 11 is 0. The van der Waals surface area contributed by atoms with Crippen molar-refractivity contribution in [2.24, 2.45) is 0 Å². The molecule has 5 nitrogen and oxygen atoms in total. The Kier molecular flexibility index (Phi) is 6.41. The van der Waals surface area contributed by atoms with Gasteiger partial charge in [-0.05, 0) is 55.2 Å². The number of benzene rings is 2. The average molecular weight is 408 g/mol. The van der Waals surface area contributed by atoms with Crippen LogP contribution < -0.4 is 5.32 Å². The van der Waals surface area contributed by atoms with Crippen LogP contribution in [0.25, 0.3) is 0 Å². The van der Waals surface area contributed by atoms with E-state index in [-0.39, 0.29) is 17.0 Å². The summed E-state index contributed by atoms with van der Waals surface area (Å²) in [5.74, 6) is -2.57. The van der Waals surface area contributed by atoms with E-state index < -0.39 is 27.6 Å². The number of hydrogen-bond donors (Lipinski definition) is 1. The summed E-state index contributed by atoms with van der Waals surface area (Å²) in [5.41, 5.74) is 0.907. The summed E-state index contributed by atoms with van der Waals surface area (Å²) in [6.07, 6.45) is 3.31. The second kappa shape index (κ2) is 8.79. The largest absolute Gasteiger partial charge is 0.352 e. The van der Waals surface area contributed by atoms with Gasteiger partial charge in [0.25, 0.3) is 5.91 Å². The van der Waals surface area contributed by atoms with E-state index in [0.717, 1.165) is 37.0 Å². The van der Waals surface area contributed by atoms with Crippen LogP contribution in [0, 0.1) is 11.6 Å². The molecule has 0 atom stereocenters. The van der Waals surface area contributed by atoms with Crippen molar-refractivity contribution in [1.29, 1.82) is 0 Å². The Balaban J connectivity index is 1.55. The molecule has 1 aliphatic heterocycles. The van der Waals surface area contributed by atoms with E-state index >= 15 is 0 Å². The van der Waals surface area contributed by atoms with Gasteiger partial charge in [-0.1, -0.05) is 18.6 Å². The Hall–Kier alpha value is -2.32. The number of rotatable bonds is 6. The molecule has 2 aromatic rings. The maximum atomic E-state index is 13.2. The number of hydrogen-bond acceptors (Lipinski definition) is 3. The summed E-state index contributed by atoms with van der Waals surface area (Å²) in [5, 5.41) is 2.64. The number of piperidine rings is 1. The van der Waals surface area contributed by atoms with Crippen LogP contribution in [0.3, 0.4) is 0 Å². The highest BCUT2D eigenvalue weighted by Gasteiger charge is 2.25. The molecule has 0 aliphatic carbocycles. The van der Waals surface area contributed by atoms with Gasteiger partial charge in [-0.2, -0.15) is 4.31 Å². The minimum atomic E-state index is -3.46. The van der Waals surface area contributed by atoms with Gasteiger partial charge in [0.15, 0.2) is 11.6 Å². The first kappa shape index (κ1) is 20.4. The summed E-state index contributed by atoms with van der Waals surface area (Å²) in [6, 6.07) is 9.58. The van der Waals surface area contributed by atoms with E-state index in [9.17, 15) is 22.0 Å². The number of amides is 1. The summed E-state index contributed by atoms with van der Waals surface area (Å²) in [4.78, 5) is 12.2. The third kappa shape index (κ3) is 4.74. The van der Waals surface area contributed by atoms with Crippen LogP contribution in [0.1, 0.15) is 35.2 Å². The number of sulfonamides is 1. The van der Waals surface area contributed by atoms with Gasteiger partial charge >= 0.3 is 0 Å². The van der Waals surface area contributed by atoms with Gasteiger partial charge in [-0.25, -0.2) is 17.2 Å². The Morgan fingerprint density at radius 3 is 2.29 bits per heavy atom. The van der Waals surface area contributed by atoms with Crippen molar-refractivity contribution in [2.45, 2.75) is 30.6 Å². The Morgan fingerprint density at radius 1 is 0.964 bits per heavy atom. The van der Waals surface area contributed by atoms with Crippen LogP contribution in [0.5, 0.6) is 0 Å². The molecule has 1 amide bonds. The Morgan fingerprint density at radius 2 is 1.64 bits per heavy atom. The van der Waals surface area contributed by atoms with Gasteiger partial charge in [0, 0.05) is 25.2 Å². The predicted molar refractivity (Wildman–Crippen MR) is 101 cm³/mol. The van der Waals surface area contributed by atoms with Crippen molar-refractivity contribution in [3.8, 4) is 0 Å². The van der Waals surface area contributed by atoms with Gasteiger partial charge < -0.3 is 5.32 Å². The quantitative estimate of drug-likeness (QED) is 0.799. The van der Waals surface area contributed by atoms with Crippen LogP contribution in [0.4, 0.5) is 8.78 Å². The highest BCUT2D eigenvalue weighted by Crippen LogP contribution is 2.21. The van der Waals surface area contributed by atoms with E-state index in [4.69, 9.17) is 0 Å². The molecule has 0 spiro atoms. The maximum absolute atomic E-state index is 13.2. The fourth-order valence-electron chi connectivity index (χ4n) is 3.14. The molecule has 28 heavy (non-hydrogen) atoms. The molecule has 1 saturated heterocycles. The molecule has 0 radical (unpaired) electrons. The highest BCUT2D eigenvalue weighted by molar-refractivity contribution is 7.89. The highest BCUT2D eigenvalue weighted by atomic mass is 32.2. The zero-order valence-corrected chi connectivity index (χ0v) is 16.1. The van der Waals surface area contributed by atoms with Crippen LogP contribution in [-0.4, -0.2) is 38.3 Å². The molecule has 1 N–H and O–H groups in total. The van der Waals surface area contributed by atoms with E-state index in [2.05, 4.69) is 5.32 Å². The first-order valence-corrected chi connectivity index (χ1v) is 10.6. The topological polar surface area (TPSA) is 66.5 Å². The number of nitrogens with zero attached hydrogens (tertiary/aromatic N) is 1. The molecule has 1 aliphatic rings. The molecule has 0 aromatic heterocycles. The third-order valence-corrected chi connectivity index (χ3v) is 6.67. The van der Waals surface area contributed by atoms with Crippen molar-refractivity contribution in [3.05, 3.63) is 65.2 Å². The minimum Gasteiger partial charge on any atom is -0.352 e. The van der Waals surface area contributed by atoms with Crippen molar-refractivity contribution >= 4 is 15.9 Å². The van der Waals surface area contributed by atoms with Crippen LogP contribution in [0.15, 0.2) is 47.4 Å². The fraction of sp³-hybridized carbons (Fsp3) is 0.350. The third-order valence-electron chi connectivity index (χ3n) is 4.76. The number of nitrogens with one attached hydrogen (secondary N) is 1. The molecule has 150 valence electrons. The summed E-state index contributed by atoms with van der Waals surface area (Å²) in [7, 11) is -3.46. The molecule has 0 saturated carbocycles. The summed E-state index contributed by atoms with van der Waals surface area (Å²) < 4.78 is 52.9. The number of halogens is 2. The van der Waals surface area contributed by atoms with Gasteiger partial charge in [0.2, 0.25) is 10.0 Å². The lowest BCUT2D eigenvalue weighted by Gasteiger charge is -2.25. The molecular formula is C20H22F2N2O3S. The van der Waals surface area contributed by atoms with E-state index in [1.165, 1.54) is 10.4 Å². The minimum absolute atomic E-state index is 0.0434. The van der Waals surface area contributed by atoms with Crippen molar-refractivity contribution in [3.63, 3.8) is 0 Å². The van der Waals surface area contributed by atoms with Gasteiger partial charge in [-0.15, -0.1) is 0 Å². The fourth-order valence-corrected chi connectivity index (χ4v) is 4.66. The molecule has 3 rings (SSSR count). The van der Waals surface area contributed by atoms with Crippen molar-refractivity contribution in [2.75, 3.05) is 19.6 Å². The molecule has 1 heterocycles. The monoisotopic (exact) mass is 408 g/mol. The average Bonchev–Trinajstić information content (AvgIpc) is 2.71. The normalized spacial score (nSPS) is 15.4. The maximum Gasteiger partial charge on any atom is 0.251 e. The summed E-state index contributed by atoms with van der Waals surface area (Å²) in [6.45, 7) is 1.40. The molecule has 2 aromatic carbocycles. The zero-order chi connectivity index (χ0) is 20.1. The number of carbonyl (C=O) groups is 1. The first-order valence-electron chi connectivity index (χ1n) is 9.20. The first-order chi connectivity index (χ1) is 13.4. The lowest BCUT2D eigenvalue weighted by atomic mass is 10.1. The molecular weight excluding hydrogens is 386 g/mol. The van der Waals surface area contributed by atoms with E-state index in [1.54, 1.807) is 24.3 Å². The SMILES string of the molecule is O=C(NCCc1ccc(S(=O)(=O)N2CCCCC2)cc1)c1ccc(F)c(F)c1. The zero-order valence-electron chi connectivity index (χ0n) is 15.3. The van der Waals surface area contributed by atoms with Crippen LogP contribution in [0.2, 0.25) is 0 Å². The second-order valence-corrected chi connectivity index (χ2v) is 8.68. The van der Waals surface area contributed by atoms with E-state index in [0.29, 0.717) is 19.5 Å². The predicted octanol–water partition coefficient (Wildman–Crippen LogP) is 3.11. The second-order valence-electron chi connectivity index (χ2n) is 6.74. The van der Waals surface area contributed by atoms with E-state index in [1.807, 2.05) is 0 Å². The van der Waals surface area contributed by atoms with Gasteiger partial charge in [0.05, 0.1) is 4.90 Å². The van der Waals surface area contributed by atoms with Crippen LogP contribution >= 0.6 is 0 Å². The molecule has 0 bridgehead atoms. The molecule has 0 unspecified atom stereocenters. The van der Waals surface area contributed by atoms with Gasteiger partial charge in [0.1, 0.15) is 0 Å². The lowest BCUT2D eigenvalue weighted by molar-refractivity contribution is 0.0953. The standard InChI is InChI=1S/C20H22F2N2O3S/c21-18-9-6-16(14-19(18)22)20(25)23-11-10-15-4-7-17(8-5-15)28(26,27)24-12-2-1-3-13-24/h4-9,14H,1-3,10-13H2,(H,23,25). The Bertz CT molecular complexity index is 940. The van der Waals surface area contributed by atoms with Crippen molar-refractivity contribution in [1.82, 2.24) is 9.62 Å². The van der Waals surface area contributed by atoms with Gasteiger partial charge in [-0.3, -0.25) is 4.79 Å². The molecule has 1 fully saturated rings. The van der Waals surface area contributed by atoms with Crippen LogP contribution in [-0.2, 0) is 16.4 Å². The molecule has 8 heteroatoms. The number of carbonyl (C=O) groups excluding carboxylic acids is 1. The lowest BCUT2D eigenvalue weighted by Crippen LogP contribution is -2.35. The Labute approximate surface area is 163 Å². The van der Waals surface area contributed by atoms with Crippen molar-refractivity contribution < 1.29 is 22.0 Å².